The van der Waals surface area contributed by atoms with Gasteiger partial charge >= 0.3 is 0 Å². The van der Waals surface area contributed by atoms with E-state index in [0.29, 0.717) is 18.3 Å². The SMILES string of the molecule is CC.CC[C@]12CCC3=C(COc4cc(OC)ccc43)C1CCC2=O. The fraction of sp³-hybridized carbons (Fsp3) is 0.571. The zero-order valence-corrected chi connectivity index (χ0v) is 15.3. The number of carbonyl (C=O) groups is 1. The van der Waals surface area contributed by atoms with Crippen LogP contribution in [0, 0.1) is 11.3 Å². The van der Waals surface area contributed by atoms with Crippen LogP contribution in [0.25, 0.3) is 5.57 Å². The molecular formula is C21H28O3. The van der Waals surface area contributed by atoms with Crippen molar-refractivity contribution in [2.24, 2.45) is 11.3 Å². The first kappa shape index (κ1) is 17.1. The molecule has 1 fully saturated rings. The third kappa shape index (κ3) is 2.37. The summed E-state index contributed by atoms with van der Waals surface area (Å²) in [5, 5.41) is 0. The predicted octanol–water partition coefficient (Wildman–Crippen LogP) is 5.04. The van der Waals surface area contributed by atoms with Gasteiger partial charge in [-0.3, -0.25) is 4.79 Å². The van der Waals surface area contributed by atoms with Crippen molar-refractivity contribution in [3.8, 4) is 11.5 Å². The van der Waals surface area contributed by atoms with E-state index in [4.69, 9.17) is 9.47 Å². The summed E-state index contributed by atoms with van der Waals surface area (Å²) < 4.78 is 11.3. The third-order valence-electron chi connectivity index (χ3n) is 6.04. The molecule has 0 bridgehead atoms. The Morgan fingerprint density at radius 2 is 2.08 bits per heavy atom. The average molecular weight is 328 g/mol. The summed E-state index contributed by atoms with van der Waals surface area (Å²) >= 11 is 0. The molecule has 1 heterocycles. The zero-order chi connectivity index (χ0) is 17.3. The number of methoxy groups -OCH3 is 1. The Kier molecular flexibility index (Phi) is 4.71. The molecule has 0 radical (unpaired) electrons. The molecule has 1 unspecified atom stereocenters. The smallest absolute Gasteiger partial charge is 0.139 e. The quantitative estimate of drug-likeness (QED) is 0.763. The molecule has 3 aliphatic rings. The molecular weight excluding hydrogens is 300 g/mol. The molecule has 3 heteroatoms. The van der Waals surface area contributed by atoms with Crippen molar-refractivity contribution in [1.29, 1.82) is 0 Å². The molecule has 24 heavy (non-hydrogen) atoms. The van der Waals surface area contributed by atoms with Gasteiger partial charge in [-0.15, -0.1) is 0 Å². The summed E-state index contributed by atoms with van der Waals surface area (Å²) in [6.45, 7) is 6.81. The molecule has 2 atom stereocenters. The third-order valence-corrected chi connectivity index (χ3v) is 6.04. The Morgan fingerprint density at radius 3 is 2.79 bits per heavy atom. The van der Waals surface area contributed by atoms with E-state index >= 15 is 0 Å². The number of rotatable bonds is 2. The first-order chi connectivity index (χ1) is 11.7. The van der Waals surface area contributed by atoms with Crippen LogP contribution in [0.1, 0.15) is 58.4 Å². The fourth-order valence-corrected chi connectivity index (χ4v) is 4.80. The molecule has 0 N–H and O–H groups in total. The Morgan fingerprint density at radius 1 is 1.29 bits per heavy atom. The molecule has 1 aliphatic heterocycles. The summed E-state index contributed by atoms with van der Waals surface area (Å²) in [5.74, 6) is 2.63. The maximum atomic E-state index is 12.5. The summed E-state index contributed by atoms with van der Waals surface area (Å²) in [7, 11) is 1.68. The van der Waals surface area contributed by atoms with E-state index in [1.54, 1.807) is 7.11 Å². The summed E-state index contributed by atoms with van der Waals surface area (Å²) in [6, 6.07) is 6.08. The maximum Gasteiger partial charge on any atom is 0.139 e. The standard InChI is InChI=1S/C19H22O3.C2H6/c1-3-19-9-8-13-14-5-4-12(21-2)10-17(14)22-11-15(13)16(19)6-7-18(19)20;1-2/h4-5,10,16H,3,6-9,11H2,1-2H3;1-2H3/t16?,19-;/m0./s1. The minimum absolute atomic E-state index is 0.105. The normalized spacial score (nSPS) is 27.3. The van der Waals surface area contributed by atoms with Gasteiger partial charge in [0.1, 0.15) is 23.9 Å². The Hall–Kier alpha value is -1.77. The van der Waals surface area contributed by atoms with Crippen LogP contribution in [-0.4, -0.2) is 19.5 Å². The van der Waals surface area contributed by atoms with Gasteiger partial charge in [0, 0.05) is 23.5 Å². The van der Waals surface area contributed by atoms with Crippen LogP contribution < -0.4 is 9.47 Å². The molecule has 130 valence electrons. The number of allylic oxidation sites excluding steroid dienone is 1. The van der Waals surface area contributed by atoms with Crippen molar-refractivity contribution < 1.29 is 14.3 Å². The van der Waals surface area contributed by atoms with Crippen LogP contribution in [0.3, 0.4) is 0 Å². The number of fused-ring (bicyclic) bond motifs is 4. The van der Waals surface area contributed by atoms with E-state index in [-0.39, 0.29) is 5.41 Å². The molecule has 2 aliphatic carbocycles. The van der Waals surface area contributed by atoms with Crippen LogP contribution in [-0.2, 0) is 4.79 Å². The lowest BCUT2D eigenvalue weighted by atomic mass is 9.63. The van der Waals surface area contributed by atoms with Gasteiger partial charge in [-0.05, 0) is 54.9 Å². The van der Waals surface area contributed by atoms with Crippen LogP contribution in [0.15, 0.2) is 23.8 Å². The van der Waals surface area contributed by atoms with Gasteiger partial charge in [0.25, 0.3) is 0 Å². The van der Waals surface area contributed by atoms with Gasteiger partial charge < -0.3 is 9.47 Å². The second-order valence-electron chi connectivity index (χ2n) is 6.68. The number of hydrogen-bond donors (Lipinski definition) is 0. The molecule has 1 saturated carbocycles. The van der Waals surface area contributed by atoms with Crippen molar-refractivity contribution in [1.82, 2.24) is 0 Å². The van der Waals surface area contributed by atoms with E-state index < -0.39 is 0 Å². The topological polar surface area (TPSA) is 35.5 Å². The highest BCUT2D eigenvalue weighted by atomic mass is 16.5. The monoisotopic (exact) mass is 328 g/mol. The summed E-state index contributed by atoms with van der Waals surface area (Å²) in [6.07, 6.45) is 4.69. The van der Waals surface area contributed by atoms with Gasteiger partial charge in [-0.1, -0.05) is 20.8 Å². The second kappa shape index (κ2) is 6.62. The van der Waals surface area contributed by atoms with E-state index in [2.05, 4.69) is 13.0 Å². The Bertz CT molecular complexity index is 674. The lowest BCUT2D eigenvalue weighted by Gasteiger charge is -2.42. The molecule has 4 rings (SSSR count). The molecule has 0 spiro atoms. The molecule has 1 aromatic carbocycles. The first-order valence-corrected chi connectivity index (χ1v) is 9.26. The largest absolute Gasteiger partial charge is 0.497 e. The molecule has 0 saturated heterocycles. The van der Waals surface area contributed by atoms with Gasteiger partial charge in [0.2, 0.25) is 0 Å². The van der Waals surface area contributed by atoms with E-state index in [0.717, 1.165) is 43.6 Å². The number of benzene rings is 1. The lowest BCUT2D eigenvalue weighted by molar-refractivity contribution is -0.127. The molecule has 0 amide bonds. The van der Waals surface area contributed by atoms with Crippen LogP contribution in [0.2, 0.25) is 0 Å². The van der Waals surface area contributed by atoms with Crippen molar-refractivity contribution in [3.63, 3.8) is 0 Å². The van der Waals surface area contributed by atoms with Gasteiger partial charge in [0.15, 0.2) is 0 Å². The zero-order valence-electron chi connectivity index (χ0n) is 15.3. The number of ether oxygens (including phenoxy) is 2. The van der Waals surface area contributed by atoms with E-state index in [1.165, 1.54) is 16.7 Å². The highest BCUT2D eigenvalue weighted by Gasteiger charge is 2.52. The van der Waals surface area contributed by atoms with Crippen LogP contribution in [0.5, 0.6) is 11.5 Å². The minimum Gasteiger partial charge on any atom is -0.497 e. The highest BCUT2D eigenvalue weighted by molar-refractivity contribution is 5.90. The number of hydrogen-bond acceptors (Lipinski definition) is 3. The Balaban J connectivity index is 0.000000815. The van der Waals surface area contributed by atoms with Gasteiger partial charge in [-0.2, -0.15) is 0 Å². The predicted molar refractivity (Wildman–Crippen MR) is 96.4 cm³/mol. The van der Waals surface area contributed by atoms with Crippen LogP contribution in [0.4, 0.5) is 0 Å². The summed E-state index contributed by atoms with van der Waals surface area (Å²) in [4.78, 5) is 12.5. The van der Waals surface area contributed by atoms with Gasteiger partial charge in [-0.25, -0.2) is 0 Å². The Labute approximate surface area is 145 Å². The number of ketones is 1. The maximum absolute atomic E-state index is 12.5. The highest BCUT2D eigenvalue weighted by Crippen LogP contribution is 2.57. The molecule has 3 nitrogen and oxygen atoms in total. The number of Topliss-reactive ketones (excluding diaryl/α,β-unsaturated/α-hetero) is 1. The summed E-state index contributed by atoms with van der Waals surface area (Å²) in [5.41, 5.74) is 3.90. The average Bonchev–Trinajstić information content (AvgIpc) is 2.99. The van der Waals surface area contributed by atoms with Crippen molar-refractivity contribution >= 4 is 11.4 Å². The van der Waals surface area contributed by atoms with E-state index in [1.807, 2.05) is 26.0 Å². The lowest BCUT2D eigenvalue weighted by Crippen LogP contribution is -2.38. The van der Waals surface area contributed by atoms with Crippen molar-refractivity contribution in [3.05, 3.63) is 29.3 Å². The second-order valence-corrected chi connectivity index (χ2v) is 6.68. The first-order valence-electron chi connectivity index (χ1n) is 9.26. The fourth-order valence-electron chi connectivity index (χ4n) is 4.80. The van der Waals surface area contributed by atoms with Crippen LogP contribution >= 0.6 is 0 Å². The minimum atomic E-state index is -0.105. The molecule has 1 aromatic rings. The van der Waals surface area contributed by atoms with Gasteiger partial charge in [0.05, 0.1) is 7.11 Å². The van der Waals surface area contributed by atoms with E-state index in [9.17, 15) is 4.79 Å². The molecule has 0 aromatic heterocycles. The van der Waals surface area contributed by atoms with Crippen molar-refractivity contribution in [2.45, 2.75) is 52.9 Å². The number of carbonyl (C=O) groups excluding carboxylic acids is 1. The van der Waals surface area contributed by atoms with Crippen molar-refractivity contribution in [2.75, 3.05) is 13.7 Å².